The van der Waals surface area contributed by atoms with Crippen molar-refractivity contribution in [1.82, 2.24) is 4.98 Å². The zero-order chi connectivity index (χ0) is 16.2. The van der Waals surface area contributed by atoms with Crippen LogP contribution in [0.25, 0.3) is 11.5 Å². The van der Waals surface area contributed by atoms with E-state index in [9.17, 15) is 0 Å². The van der Waals surface area contributed by atoms with E-state index in [1.807, 2.05) is 37.3 Å². The average molecular weight is 305 g/mol. The number of rotatable bonds is 5. The maximum absolute atomic E-state index is 5.85. The van der Waals surface area contributed by atoms with Crippen molar-refractivity contribution >= 4 is 0 Å². The SMILES string of the molecule is CCCc1ccc(Cc2nc(-c3ccccc3)oc2C)cc1C. The zero-order valence-electron chi connectivity index (χ0n) is 14.1. The van der Waals surface area contributed by atoms with Crippen molar-refractivity contribution in [2.24, 2.45) is 0 Å². The molecule has 0 amide bonds. The first-order valence-electron chi connectivity index (χ1n) is 8.27. The molecule has 3 aromatic rings. The lowest BCUT2D eigenvalue weighted by Crippen LogP contribution is -1.95. The highest BCUT2D eigenvalue weighted by atomic mass is 16.4. The predicted molar refractivity (Wildman–Crippen MR) is 94.7 cm³/mol. The van der Waals surface area contributed by atoms with Crippen LogP contribution >= 0.6 is 0 Å². The molecule has 0 atom stereocenters. The maximum atomic E-state index is 5.85. The average Bonchev–Trinajstić information content (AvgIpc) is 2.92. The van der Waals surface area contributed by atoms with Gasteiger partial charge in [0, 0.05) is 12.0 Å². The fourth-order valence-electron chi connectivity index (χ4n) is 2.91. The molecule has 3 rings (SSSR count). The summed E-state index contributed by atoms with van der Waals surface area (Å²) in [6.07, 6.45) is 3.14. The van der Waals surface area contributed by atoms with Crippen LogP contribution in [0.2, 0.25) is 0 Å². The second-order valence-corrected chi connectivity index (χ2v) is 6.08. The van der Waals surface area contributed by atoms with Crippen LogP contribution in [0.5, 0.6) is 0 Å². The van der Waals surface area contributed by atoms with Gasteiger partial charge in [-0.2, -0.15) is 0 Å². The molecule has 0 radical (unpaired) electrons. The molecule has 0 saturated carbocycles. The summed E-state index contributed by atoms with van der Waals surface area (Å²) >= 11 is 0. The largest absolute Gasteiger partial charge is 0.441 e. The highest BCUT2D eigenvalue weighted by Gasteiger charge is 2.12. The first kappa shape index (κ1) is 15.5. The van der Waals surface area contributed by atoms with Crippen molar-refractivity contribution in [3.8, 4) is 11.5 Å². The van der Waals surface area contributed by atoms with Crippen LogP contribution in [0.1, 0.15) is 41.5 Å². The minimum absolute atomic E-state index is 0.706. The molecule has 2 heteroatoms. The Labute approximate surface area is 138 Å². The molecule has 1 heterocycles. The first-order valence-corrected chi connectivity index (χ1v) is 8.27. The molecule has 23 heavy (non-hydrogen) atoms. The monoisotopic (exact) mass is 305 g/mol. The molecule has 1 aromatic heterocycles. The summed E-state index contributed by atoms with van der Waals surface area (Å²) in [6, 6.07) is 16.8. The van der Waals surface area contributed by atoms with E-state index < -0.39 is 0 Å². The highest BCUT2D eigenvalue weighted by Crippen LogP contribution is 2.24. The normalized spacial score (nSPS) is 10.9. The third-order valence-corrected chi connectivity index (χ3v) is 4.21. The number of nitrogens with zero attached hydrogens (tertiary/aromatic N) is 1. The smallest absolute Gasteiger partial charge is 0.226 e. The van der Waals surface area contributed by atoms with Crippen molar-refractivity contribution in [2.45, 2.75) is 40.0 Å². The number of aryl methyl sites for hydroxylation is 3. The molecule has 2 nitrogen and oxygen atoms in total. The summed E-state index contributed by atoms with van der Waals surface area (Å²) in [4.78, 5) is 4.70. The molecular weight excluding hydrogens is 282 g/mol. The number of oxazole rings is 1. The lowest BCUT2D eigenvalue weighted by molar-refractivity contribution is 0.540. The Morgan fingerprint density at radius 3 is 2.48 bits per heavy atom. The van der Waals surface area contributed by atoms with E-state index in [0.717, 1.165) is 29.9 Å². The van der Waals surface area contributed by atoms with Crippen LogP contribution in [0, 0.1) is 13.8 Å². The minimum atomic E-state index is 0.706. The van der Waals surface area contributed by atoms with Crippen LogP contribution < -0.4 is 0 Å². The van der Waals surface area contributed by atoms with E-state index in [4.69, 9.17) is 9.40 Å². The molecular formula is C21H23NO. The fraction of sp³-hybridized carbons (Fsp3) is 0.286. The Morgan fingerprint density at radius 1 is 1.00 bits per heavy atom. The molecule has 0 saturated heterocycles. The van der Waals surface area contributed by atoms with Crippen LogP contribution in [-0.2, 0) is 12.8 Å². The van der Waals surface area contributed by atoms with Gasteiger partial charge in [-0.25, -0.2) is 4.98 Å². The molecule has 0 aliphatic carbocycles. The van der Waals surface area contributed by atoms with Crippen molar-refractivity contribution < 1.29 is 4.42 Å². The topological polar surface area (TPSA) is 26.0 Å². The Balaban J connectivity index is 1.83. The van der Waals surface area contributed by atoms with Crippen LogP contribution in [0.3, 0.4) is 0 Å². The van der Waals surface area contributed by atoms with Gasteiger partial charge in [0.25, 0.3) is 0 Å². The van der Waals surface area contributed by atoms with Gasteiger partial charge < -0.3 is 4.42 Å². The molecule has 0 unspecified atom stereocenters. The second-order valence-electron chi connectivity index (χ2n) is 6.08. The lowest BCUT2D eigenvalue weighted by Gasteiger charge is -2.07. The third kappa shape index (κ3) is 3.53. The van der Waals surface area contributed by atoms with Crippen LogP contribution in [-0.4, -0.2) is 4.98 Å². The lowest BCUT2D eigenvalue weighted by atomic mass is 9.99. The number of hydrogen-bond acceptors (Lipinski definition) is 2. The standard InChI is InChI=1S/C21H23NO/c1-4-8-18-12-11-17(13-15(18)2)14-20-16(3)23-21(22-20)19-9-6-5-7-10-19/h5-7,9-13H,4,8,14H2,1-3H3. The quantitative estimate of drug-likeness (QED) is 0.622. The Hall–Kier alpha value is -2.35. The fourth-order valence-corrected chi connectivity index (χ4v) is 2.91. The first-order chi connectivity index (χ1) is 11.2. The van der Waals surface area contributed by atoms with Gasteiger partial charge in [-0.3, -0.25) is 0 Å². The van der Waals surface area contributed by atoms with Gasteiger partial charge in [0.15, 0.2) is 0 Å². The number of benzene rings is 2. The summed E-state index contributed by atoms with van der Waals surface area (Å²) < 4.78 is 5.85. The van der Waals surface area contributed by atoms with Gasteiger partial charge in [-0.1, -0.05) is 49.7 Å². The van der Waals surface area contributed by atoms with E-state index in [1.165, 1.54) is 23.1 Å². The van der Waals surface area contributed by atoms with Gasteiger partial charge in [-0.15, -0.1) is 0 Å². The summed E-state index contributed by atoms with van der Waals surface area (Å²) in [6.45, 7) is 6.41. The summed E-state index contributed by atoms with van der Waals surface area (Å²) in [7, 11) is 0. The Bertz CT molecular complexity index is 787. The minimum Gasteiger partial charge on any atom is -0.441 e. The molecule has 0 aliphatic heterocycles. The molecule has 0 fully saturated rings. The Morgan fingerprint density at radius 2 is 1.78 bits per heavy atom. The van der Waals surface area contributed by atoms with E-state index in [1.54, 1.807) is 0 Å². The molecule has 0 N–H and O–H groups in total. The van der Waals surface area contributed by atoms with E-state index in [2.05, 4.69) is 32.0 Å². The third-order valence-electron chi connectivity index (χ3n) is 4.21. The molecule has 0 spiro atoms. The van der Waals surface area contributed by atoms with E-state index >= 15 is 0 Å². The van der Waals surface area contributed by atoms with E-state index in [-0.39, 0.29) is 0 Å². The summed E-state index contributed by atoms with van der Waals surface area (Å²) in [5, 5.41) is 0. The highest BCUT2D eigenvalue weighted by molar-refractivity contribution is 5.53. The Kier molecular flexibility index (Phi) is 4.61. The van der Waals surface area contributed by atoms with Crippen LogP contribution in [0.4, 0.5) is 0 Å². The van der Waals surface area contributed by atoms with Gasteiger partial charge in [0.2, 0.25) is 5.89 Å². The van der Waals surface area contributed by atoms with E-state index in [0.29, 0.717) is 5.89 Å². The van der Waals surface area contributed by atoms with Gasteiger partial charge in [-0.05, 0) is 49.1 Å². The maximum Gasteiger partial charge on any atom is 0.226 e. The van der Waals surface area contributed by atoms with Crippen molar-refractivity contribution in [1.29, 1.82) is 0 Å². The predicted octanol–water partition coefficient (Wildman–Crippen LogP) is 5.50. The van der Waals surface area contributed by atoms with Crippen LogP contribution in [0.15, 0.2) is 52.9 Å². The van der Waals surface area contributed by atoms with Gasteiger partial charge in [0.1, 0.15) is 5.76 Å². The van der Waals surface area contributed by atoms with Gasteiger partial charge in [0.05, 0.1) is 5.69 Å². The molecule has 0 aliphatic rings. The van der Waals surface area contributed by atoms with Crippen molar-refractivity contribution in [3.05, 3.63) is 76.7 Å². The van der Waals surface area contributed by atoms with Crippen molar-refractivity contribution in [3.63, 3.8) is 0 Å². The molecule has 0 bridgehead atoms. The molecule has 2 aromatic carbocycles. The number of hydrogen-bond donors (Lipinski definition) is 0. The zero-order valence-corrected chi connectivity index (χ0v) is 14.1. The second kappa shape index (κ2) is 6.82. The summed E-state index contributed by atoms with van der Waals surface area (Å²) in [5.74, 6) is 1.61. The molecule has 118 valence electrons. The van der Waals surface area contributed by atoms with Gasteiger partial charge >= 0.3 is 0 Å². The summed E-state index contributed by atoms with van der Waals surface area (Å²) in [5.41, 5.74) is 6.15. The van der Waals surface area contributed by atoms with Crippen molar-refractivity contribution in [2.75, 3.05) is 0 Å². The number of aromatic nitrogens is 1.